The quantitative estimate of drug-likeness (QED) is 0.765. The first kappa shape index (κ1) is 13.9. The van der Waals surface area contributed by atoms with Crippen LogP contribution in [0, 0.1) is 0 Å². The van der Waals surface area contributed by atoms with Crippen molar-refractivity contribution in [1.29, 1.82) is 0 Å². The lowest BCUT2D eigenvalue weighted by molar-refractivity contribution is 0.339. The molecule has 1 aromatic heterocycles. The lowest BCUT2D eigenvalue weighted by Gasteiger charge is -2.06. The monoisotopic (exact) mass is 258 g/mol. The highest BCUT2D eigenvalue weighted by Gasteiger charge is 2.07. The van der Waals surface area contributed by atoms with Gasteiger partial charge in [0.2, 0.25) is 0 Å². The second-order valence-corrected chi connectivity index (χ2v) is 6.08. The zero-order valence-corrected chi connectivity index (χ0v) is 10.7. The van der Waals surface area contributed by atoms with Gasteiger partial charge in [0.15, 0.2) is 9.84 Å². The number of hydrogen-bond donors (Lipinski definition) is 1. The Hall–Kier alpha value is -1.14. The molecule has 0 spiro atoms. The summed E-state index contributed by atoms with van der Waals surface area (Å²) in [6.45, 7) is 2.34. The summed E-state index contributed by atoms with van der Waals surface area (Å²) >= 11 is 0. The lowest BCUT2D eigenvalue weighted by atomic mass is 10.3. The van der Waals surface area contributed by atoms with Crippen LogP contribution in [0.25, 0.3) is 0 Å². The Morgan fingerprint density at radius 2 is 2.18 bits per heavy atom. The molecule has 2 N–H and O–H groups in total. The maximum atomic E-state index is 11.2. The average Bonchev–Trinajstić information content (AvgIpc) is 2.32. The second kappa shape index (κ2) is 6.56. The Balaban J connectivity index is 2.42. The van der Waals surface area contributed by atoms with Crippen LogP contribution in [0.15, 0.2) is 18.3 Å². The maximum Gasteiger partial charge on any atom is 0.153 e. The molecule has 0 aliphatic heterocycles. The Bertz CT molecular complexity index is 429. The molecule has 96 valence electrons. The van der Waals surface area contributed by atoms with Crippen molar-refractivity contribution in [2.45, 2.75) is 13.3 Å². The molecule has 0 saturated heterocycles. The molecule has 0 amide bonds. The predicted octanol–water partition coefficient (Wildman–Crippen LogP) is 0.396. The highest BCUT2D eigenvalue weighted by atomic mass is 32.2. The van der Waals surface area contributed by atoms with Gasteiger partial charge in [-0.15, -0.1) is 0 Å². The summed E-state index contributed by atoms with van der Waals surface area (Å²) < 4.78 is 27.7. The van der Waals surface area contributed by atoms with E-state index in [0.29, 0.717) is 12.3 Å². The van der Waals surface area contributed by atoms with E-state index in [1.165, 1.54) is 0 Å². The van der Waals surface area contributed by atoms with Crippen molar-refractivity contribution in [1.82, 2.24) is 4.98 Å². The second-order valence-electron chi connectivity index (χ2n) is 3.61. The number of ether oxygens (including phenoxy) is 1. The molecule has 5 nitrogen and oxygen atoms in total. The fourth-order valence-electron chi connectivity index (χ4n) is 1.22. The van der Waals surface area contributed by atoms with Gasteiger partial charge in [0.25, 0.3) is 0 Å². The minimum atomic E-state index is -2.97. The number of aromatic nitrogens is 1. The van der Waals surface area contributed by atoms with Crippen molar-refractivity contribution in [2.24, 2.45) is 5.73 Å². The van der Waals surface area contributed by atoms with Crippen molar-refractivity contribution >= 4 is 9.84 Å². The van der Waals surface area contributed by atoms with Gasteiger partial charge in [-0.3, -0.25) is 4.98 Å². The number of pyridine rings is 1. The van der Waals surface area contributed by atoms with Gasteiger partial charge in [-0.1, -0.05) is 6.92 Å². The van der Waals surface area contributed by atoms with Crippen molar-refractivity contribution in [2.75, 3.05) is 24.7 Å². The van der Waals surface area contributed by atoms with Gasteiger partial charge in [-0.25, -0.2) is 8.42 Å². The van der Waals surface area contributed by atoms with Crippen molar-refractivity contribution in [3.8, 4) is 5.75 Å². The van der Waals surface area contributed by atoms with E-state index in [2.05, 4.69) is 4.98 Å². The zero-order valence-electron chi connectivity index (χ0n) is 9.93. The van der Waals surface area contributed by atoms with Gasteiger partial charge in [-0.05, 0) is 18.7 Å². The maximum absolute atomic E-state index is 11.2. The van der Waals surface area contributed by atoms with E-state index in [1.54, 1.807) is 19.2 Å². The summed E-state index contributed by atoms with van der Waals surface area (Å²) in [5.74, 6) is 0.759. The molecular weight excluding hydrogens is 240 g/mol. The van der Waals surface area contributed by atoms with Gasteiger partial charge in [-0.2, -0.15) is 0 Å². The SMILES string of the molecule is CCS(=O)(=O)CCOc1ccc(CCN)nc1. The minimum absolute atomic E-state index is 0.0358. The first-order valence-electron chi connectivity index (χ1n) is 5.55. The highest BCUT2D eigenvalue weighted by molar-refractivity contribution is 7.91. The number of rotatable bonds is 7. The van der Waals surface area contributed by atoms with Crippen LogP contribution >= 0.6 is 0 Å². The number of hydrogen-bond acceptors (Lipinski definition) is 5. The fraction of sp³-hybridized carbons (Fsp3) is 0.545. The molecule has 0 atom stereocenters. The predicted molar refractivity (Wildman–Crippen MR) is 66.8 cm³/mol. The molecule has 0 radical (unpaired) electrons. The van der Waals surface area contributed by atoms with E-state index in [1.807, 2.05) is 6.07 Å². The summed E-state index contributed by atoms with van der Waals surface area (Å²) in [6.07, 6.45) is 2.31. The van der Waals surface area contributed by atoms with Crippen LogP contribution in [0.3, 0.4) is 0 Å². The molecule has 17 heavy (non-hydrogen) atoms. The van der Waals surface area contributed by atoms with Crippen LogP contribution in [0.2, 0.25) is 0 Å². The summed E-state index contributed by atoms with van der Waals surface area (Å²) in [5.41, 5.74) is 6.31. The van der Waals surface area contributed by atoms with Gasteiger partial charge in [0.05, 0.1) is 11.9 Å². The smallest absolute Gasteiger partial charge is 0.153 e. The highest BCUT2D eigenvalue weighted by Crippen LogP contribution is 2.09. The van der Waals surface area contributed by atoms with Crippen molar-refractivity contribution in [3.05, 3.63) is 24.0 Å². The number of sulfone groups is 1. The topological polar surface area (TPSA) is 82.3 Å². The molecule has 0 aliphatic carbocycles. The van der Waals surface area contributed by atoms with Crippen molar-refractivity contribution < 1.29 is 13.2 Å². The van der Waals surface area contributed by atoms with Crippen LogP contribution in [0.5, 0.6) is 5.75 Å². The molecular formula is C11H18N2O3S. The minimum Gasteiger partial charge on any atom is -0.491 e. The molecule has 1 aromatic rings. The first-order valence-corrected chi connectivity index (χ1v) is 7.37. The molecule has 0 aromatic carbocycles. The summed E-state index contributed by atoms with van der Waals surface area (Å²) in [7, 11) is -2.97. The van der Waals surface area contributed by atoms with Gasteiger partial charge in [0, 0.05) is 17.9 Å². The van der Waals surface area contributed by atoms with E-state index in [0.717, 1.165) is 12.1 Å². The Labute approximate surface area is 102 Å². The Kier molecular flexibility index (Phi) is 5.37. The molecule has 0 saturated carbocycles. The molecule has 0 fully saturated rings. The summed E-state index contributed by atoms with van der Waals surface area (Å²) in [6, 6.07) is 3.60. The van der Waals surface area contributed by atoms with Crippen LogP contribution in [-0.4, -0.2) is 38.1 Å². The molecule has 0 unspecified atom stereocenters. The molecule has 0 aliphatic rings. The molecule has 0 bridgehead atoms. The number of nitrogens with zero attached hydrogens (tertiary/aromatic N) is 1. The average molecular weight is 258 g/mol. The zero-order chi connectivity index (χ0) is 12.7. The Morgan fingerprint density at radius 1 is 1.41 bits per heavy atom. The van der Waals surface area contributed by atoms with Gasteiger partial charge >= 0.3 is 0 Å². The van der Waals surface area contributed by atoms with E-state index in [4.69, 9.17) is 10.5 Å². The van der Waals surface area contributed by atoms with E-state index in [-0.39, 0.29) is 18.1 Å². The molecule has 6 heteroatoms. The lowest BCUT2D eigenvalue weighted by Crippen LogP contribution is -2.15. The fourth-order valence-corrected chi connectivity index (χ4v) is 1.85. The normalized spacial score (nSPS) is 11.4. The van der Waals surface area contributed by atoms with E-state index >= 15 is 0 Å². The van der Waals surface area contributed by atoms with Crippen LogP contribution in [0.1, 0.15) is 12.6 Å². The summed E-state index contributed by atoms with van der Waals surface area (Å²) in [5, 5.41) is 0. The Morgan fingerprint density at radius 3 is 2.71 bits per heavy atom. The third-order valence-electron chi connectivity index (χ3n) is 2.30. The van der Waals surface area contributed by atoms with Gasteiger partial charge < -0.3 is 10.5 Å². The first-order chi connectivity index (χ1) is 8.07. The van der Waals surface area contributed by atoms with Crippen LogP contribution in [0.4, 0.5) is 0 Å². The molecule has 1 heterocycles. The van der Waals surface area contributed by atoms with E-state index < -0.39 is 9.84 Å². The van der Waals surface area contributed by atoms with Crippen LogP contribution < -0.4 is 10.5 Å². The molecule has 1 rings (SSSR count). The van der Waals surface area contributed by atoms with E-state index in [9.17, 15) is 8.42 Å². The van der Waals surface area contributed by atoms with Crippen molar-refractivity contribution in [3.63, 3.8) is 0 Å². The third kappa shape index (κ3) is 5.14. The largest absolute Gasteiger partial charge is 0.491 e. The standard InChI is InChI=1S/C11H18N2O3S/c1-2-17(14,15)8-7-16-11-4-3-10(5-6-12)13-9-11/h3-4,9H,2,5-8,12H2,1H3. The summed E-state index contributed by atoms with van der Waals surface area (Å²) in [4.78, 5) is 4.15. The third-order valence-corrected chi connectivity index (χ3v) is 3.97. The number of nitrogens with two attached hydrogens (primary N) is 1. The van der Waals surface area contributed by atoms with Gasteiger partial charge in [0.1, 0.15) is 12.4 Å². The van der Waals surface area contributed by atoms with Crippen LogP contribution in [-0.2, 0) is 16.3 Å².